The van der Waals surface area contributed by atoms with E-state index in [1.165, 1.54) is 23.9 Å². The first kappa shape index (κ1) is 21.8. The molecular formula is C22H25N3O4S. The maximum Gasteiger partial charge on any atom is 0.270 e. The molecular weight excluding hydrogens is 402 g/mol. The van der Waals surface area contributed by atoms with E-state index in [1.807, 2.05) is 0 Å². The SMILES string of the molecule is CCCCN=C1SC(=Cc2ccc(-c3cccc([N+](=O)[O-])c3)o2)C(=O)N1CCCC. The summed E-state index contributed by atoms with van der Waals surface area (Å²) in [5.74, 6) is 0.982. The minimum atomic E-state index is -0.437. The minimum absolute atomic E-state index is 0.00447. The van der Waals surface area contributed by atoms with Gasteiger partial charge in [-0.25, -0.2) is 0 Å². The molecule has 158 valence electrons. The Morgan fingerprint density at radius 1 is 1.20 bits per heavy atom. The molecule has 1 amide bonds. The van der Waals surface area contributed by atoms with Crippen molar-refractivity contribution in [2.75, 3.05) is 13.1 Å². The van der Waals surface area contributed by atoms with Crippen molar-refractivity contribution in [1.82, 2.24) is 4.90 Å². The number of rotatable bonds is 9. The fraction of sp³-hybridized carbons (Fsp3) is 0.364. The van der Waals surface area contributed by atoms with Crippen LogP contribution in [0.3, 0.4) is 0 Å². The second-order valence-corrected chi connectivity index (χ2v) is 7.96. The standard InChI is InChI=1S/C22H25N3O4S/c1-3-5-12-23-22-24(13-6-4-2)21(26)20(30-22)15-18-10-11-19(29-18)16-8-7-9-17(14-16)25(27)28/h7-11,14-15H,3-6,12-13H2,1-2H3. The Morgan fingerprint density at radius 3 is 2.73 bits per heavy atom. The zero-order chi connectivity index (χ0) is 21.5. The normalized spacial score (nSPS) is 16.7. The molecule has 0 spiro atoms. The molecule has 30 heavy (non-hydrogen) atoms. The van der Waals surface area contributed by atoms with Crippen molar-refractivity contribution in [3.63, 3.8) is 0 Å². The summed E-state index contributed by atoms with van der Waals surface area (Å²) in [6, 6.07) is 9.79. The van der Waals surface area contributed by atoms with Gasteiger partial charge in [0.15, 0.2) is 5.17 Å². The van der Waals surface area contributed by atoms with Crippen molar-refractivity contribution in [3.05, 3.63) is 57.2 Å². The van der Waals surface area contributed by atoms with Gasteiger partial charge in [0.1, 0.15) is 11.5 Å². The van der Waals surface area contributed by atoms with Gasteiger partial charge in [-0.15, -0.1) is 0 Å². The van der Waals surface area contributed by atoms with Gasteiger partial charge in [0.2, 0.25) is 0 Å². The molecule has 8 heteroatoms. The average Bonchev–Trinajstić information content (AvgIpc) is 3.32. The molecule has 1 aliphatic rings. The summed E-state index contributed by atoms with van der Waals surface area (Å²) in [4.78, 5) is 30.4. The first-order chi connectivity index (χ1) is 14.5. The summed E-state index contributed by atoms with van der Waals surface area (Å²) in [5.41, 5.74) is 0.621. The maximum absolute atomic E-state index is 12.9. The number of nitro groups is 1. The number of aliphatic imine (C=N–C) groups is 1. The number of nitrogens with zero attached hydrogens (tertiary/aromatic N) is 3. The molecule has 0 saturated carbocycles. The molecule has 1 fully saturated rings. The highest BCUT2D eigenvalue weighted by Crippen LogP contribution is 2.34. The number of non-ortho nitro benzene ring substituents is 1. The van der Waals surface area contributed by atoms with Crippen molar-refractivity contribution < 1.29 is 14.1 Å². The molecule has 0 N–H and O–H groups in total. The first-order valence-electron chi connectivity index (χ1n) is 10.1. The molecule has 0 bridgehead atoms. The maximum atomic E-state index is 12.9. The summed E-state index contributed by atoms with van der Waals surface area (Å²) in [6.45, 7) is 5.57. The smallest absolute Gasteiger partial charge is 0.270 e. The van der Waals surface area contributed by atoms with Gasteiger partial charge in [-0.2, -0.15) is 0 Å². The van der Waals surface area contributed by atoms with Crippen LogP contribution in [-0.4, -0.2) is 34.0 Å². The summed E-state index contributed by atoms with van der Waals surface area (Å²) in [6.07, 6.45) is 5.68. The second-order valence-electron chi connectivity index (χ2n) is 6.95. The van der Waals surface area contributed by atoms with Crippen LogP contribution in [0, 0.1) is 10.1 Å². The van der Waals surface area contributed by atoms with Crippen LogP contribution in [0.2, 0.25) is 0 Å². The van der Waals surface area contributed by atoms with E-state index in [-0.39, 0.29) is 11.6 Å². The number of unbranched alkanes of at least 4 members (excludes halogenated alkanes) is 2. The van der Waals surface area contributed by atoms with Gasteiger partial charge in [-0.05, 0) is 36.7 Å². The fourth-order valence-corrected chi connectivity index (χ4v) is 3.97. The predicted molar refractivity (Wildman–Crippen MR) is 120 cm³/mol. The number of furan rings is 1. The van der Waals surface area contributed by atoms with Crippen LogP contribution in [0.1, 0.15) is 45.3 Å². The number of carbonyl (C=O) groups excluding carboxylic acids is 1. The highest BCUT2D eigenvalue weighted by atomic mass is 32.2. The van der Waals surface area contributed by atoms with Crippen molar-refractivity contribution in [2.45, 2.75) is 39.5 Å². The van der Waals surface area contributed by atoms with E-state index in [9.17, 15) is 14.9 Å². The van der Waals surface area contributed by atoms with Crippen molar-refractivity contribution in [1.29, 1.82) is 0 Å². The predicted octanol–water partition coefficient (Wildman–Crippen LogP) is 5.73. The molecule has 0 unspecified atom stereocenters. The summed E-state index contributed by atoms with van der Waals surface area (Å²) in [5, 5.41) is 11.7. The van der Waals surface area contributed by atoms with Crippen molar-refractivity contribution in [2.24, 2.45) is 4.99 Å². The van der Waals surface area contributed by atoms with Gasteiger partial charge in [-0.1, -0.05) is 38.8 Å². The van der Waals surface area contributed by atoms with Crippen LogP contribution < -0.4 is 0 Å². The number of benzene rings is 1. The number of thioether (sulfide) groups is 1. The highest BCUT2D eigenvalue weighted by molar-refractivity contribution is 8.18. The van der Waals surface area contributed by atoms with Crippen LogP contribution in [0.15, 0.2) is 50.7 Å². The van der Waals surface area contributed by atoms with Gasteiger partial charge in [0, 0.05) is 36.9 Å². The van der Waals surface area contributed by atoms with Crippen molar-refractivity contribution in [3.8, 4) is 11.3 Å². The quantitative estimate of drug-likeness (QED) is 0.221. The monoisotopic (exact) mass is 427 g/mol. The zero-order valence-electron chi connectivity index (χ0n) is 17.2. The molecule has 2 heterocycles. The van der Waals surface area contributed by atoms with Crippen LogP contribution in [0.4, 0.5) is 5.69 Å². The molecule has 1 aromatic carbocycles. The molecule has 1 aliphatic heterocycles. The lowest BCUT2D eigenvalue weighted by Crippen LogP contribution is -2.30. The molecule has 1 aromatic heterocycles. The van der Waals surface area contributed by atoms with Crippen LogP contribution >= 0.6 is 11.8 Å². The summed E-state index contributed by atoms with van der Waals surface area (Å²) in [7, 11) is 0. The minimum Gasteiger partial charge on any atom is -0.457 e. The van der Waals surface area contributed by atoms with E-state index in [0.29, 0.717) is 35.1 Å². The number of hydrogen-bond acceptors (Lipinski definition) is 6. The van der Waals surface area contributed by atoms with Gasteiger partial charge in [-0.3, -0.25) is 24.8 Å². The molecule has 0 atom stereocenters. The molecule has 2 aromatic rings. The van der Waals surface area contributed by atoms with E-state index in [1.54, 1.807) is 35.2 Å². The van der Waals surface area contributed by atoms with Crippen LogP contribution in [0.25, 0.3) is 17.4 Å². The van der Waals surface area contributed by atoms with E-state index in [2.05, 4.69) is 18.8 Å². The topological polar surface area (TPSA) is 89.0 Å². The Kier molecular flexibility index (Phi) is 7.46. The third-order valence-electron chi connectivity index (χ3n) is 4.62. The molecule has 0 radical (unpaired) electrons. The molecule has 3 rings (SSSR count). The third kappa shape index (κ3) is 5.18. The molecule has 7 nitrogen and oxygen atoms in total. The number of amides is 1. The average molecular weight is 428 g/mol. The Balaban J connectivity index is 1.82. The largest absolute Gasteiger partial charge is 0.457 e. The number of hydrogen-bond donors (Lipinski definition) is 0. The lowest BCUT2D eigenvalue weighted by molar-refractivity contribution is -0.384. The lowest BCUT2D eigenvalue weighted by Gasteiger charge is -2.14. The van der Waals surface area contributed by atoms with Gasteiger partial charge in [0.25, 0.3) is 11.6 Å². The Labute approximate surface area is 180 Å². The molecule has 0 aliphatic carbocycles. The second kappa shape index (κ2) is 10.2. The Bertz CT molecular complexity index is 980. The number of amidine groups is 1. The van der Waals surface area contributed by atoms with E-state index in [0.717, 1.165) is 30.9 Å². The zero-order valence-corrected chi connectivity index (χ0v) is 18.0. The summed E-state index contributed by atoms with van der Waals surface area (Å²) >= 11 is 1.37. The number of carbonyl (C=O) groups is 1. The van der Waals surface area contributed by atoms with Crippen molar-refractivity contribution >= 4 is 34.6 Å². The number of nitro benzene ring substituents is 1. The van der Waals surface area contributed by atoms with E-state index in [4.69, 9.17) is 4.42 Å². The van der Waals surface area contributed by atoms with Crippen LogP contribution in [-0.2, 0) is 4.79 Å². The highest BCUT2D eigenvalue weighted by Gasteiger charge is 2.32. The van der Waals surface area contributed by atoms with Gasteiger partial charge >= 0.3 is 0 Å². The van der Waals surface area contributed by atoms with Crippen LogP contribution in [0.5, 0.6) is 0 Å². The lowest BCUT2D eigenvalue weighted by atomic mass is 10.1. The Hall–Kier alpha value is -2.87. The fourth-order valence-electron chi connectivity index (χ4n) is 2.96. The molecule has 1 saturated heterocycles. The summed E-state index contributed by atoms with van der Waals surface area (Å²) < 4.78 is 5.84. The first-order valence-corrected chi connectivity index (χ1v) is 11.0. The van der Waals surface area contributed by atoms with Gasteiger partial charge < -0.3 is 4.42 Å². The Morgan fingerprint density at radius 2 is 2.00 bits per heavy atom. The third-order valence-corrected chi connectivity index (χ3v) is 5.67. The van der Waals surface area contributed by atoms with Gasteiger partial charge in [0.05, 0.1) is 9.83 Å². The van der Waals surface area contributed by atoms with E-state index < -0.39 is 4.92 Å². The van der Waals surface area contributed by atoms with E-state index >= 15 is 0 Å².